The maximum Gasteiger partial charge on any atom is 0.255 e. The van der Waals surface area contributed by atoms with Crippen molar-refractivity contribution in [3.8, 4) is 0 Å². The van der Waals surface area contributed by atoms with Crippen molar-refractivity contribution in [3.63, 3.8) is 0 Å². The first kappa shape index (κ1) is 20.8. The molecule has 2 aliphatic rings. The zero-order chi connectivity index (χ0) is 19.8. The number of likely N-dealkylation sites (tertiary alicyclic amines) is 1. The minimum atomic E-state index is -1.41. The van der Waals surface area contributed by atoms with E-state index in [1.165, 1.54) is 5.56 Å². The third kappa shape index (κ3) is 5.53. The Morgan fingerprint density at radius 1 is 1.18 bits per heavy atom. The maximum absolute atomic E-state index is 12.8. The Morgan fingerprint density at radius 3 is 2.68 bits per heavy atom. The fourth-order valence-electron chi connectivity index (χ4n) is 3.96. The lowest BCUT2D eigenvalue weighted by Gasteiger charge is -2.38. The molecule has 2 fully saturated rings. The molecule has 1 aromatic rings. The van der Waals surface area contributed by atoms with E-state index in [0.717, 1.165) is 32.4 Å². The standard InChI is InChI=1S/C21H32N4O3/c26-19(24-14-10-22-11-15-24)16-23-17-21(28)9-5-13-25(20(21)27)12-4-8-18-6-2-1-3-7-18/h1-3,6-7,22-23,28H,4-5,8-17H2/t21-/m1/s1. The van der Waals surface area contributed by atoms with Crippen molar-refractivity contribution in [1.29, 1.82) is 0 Å². The maximum atomic E-state index is 12.8. The van der Waals surface area contributed by atoms with Gasteiger partial charge in [-0.1, -0.05) is 30.3 Å². The van der Waals surface area contributed by atoms with Crippen molar-refractivity contribution >= 4 is 11.8 Å². The molecule has 1 aromatic carbocycles. The Balaban J connectivity index is 1.43. The zero-order valence-electron chi connectivity index (χ0n) is 16.5. The van der Waals surface area contributed by atoms with Gasteiger partial charge in [0, 0.05) is 45.8 Å². The number of nitrogens with one attached hydrogen (secondary N) is 2. The number of aryl methyl sites for hydroxylation is 1. The van der Waals surface area contributed by atoms with Crippen LogP contribution in [-0.4, -0.2) is 84.7 Å². The highest BCUT2D eigenvalue weighted by Crippen LogP contribution is 2.22. The first-order valence-corrected chi connectivity index (χ1v) is 10.3. The Kier molecular flexibility index (Phi) is 7.42. The van der Waals surface area contributed by atoms with Crippen LogP contribution in [0.3, 0.4) is 0 Å². The van der Waals surface area contributed by atoms with Gasteiger partial charge in [0.05, 0.1) is 6.54 Å². The highest BCUT2D eigenvalue weighted by molar-refractivity contribution is 5.86. The lowest BCUT2D eigenvalue weighted by Crippen LogP contribution is -2.59. The SMILES string of the molecule is O=C(CNC[C@]1(O)CCCN(CCCc2ccccc2)C1=O)N1CCNCC1. The van der Waals surface area contributed by atoms with E-state index in [1.54, 1.807) is 4.90 Å². The number of benzene rings is 1. The number of hydrogen-bond donors (Lipinski definition) is 3. The van der Waals surface area contributed by atoms with E-state index in [-0.39, 0.29) is 24.9 Å². The molecule has 154 valence electrons. The van der Waals surface area contributed by atoms with Crippen molar-refractivity contribution in [1.82, 2.24) is 20.4 Å². The van der Waals surface area contributed by atoms with E-state index in [0.29, 0.717) is 32.6 Å². The van der Waals surface area contributed by atoms with Crippen LogP contribution >= 0.6 is 0 Å². The minimum absolute atomic E-state index is 0.0214. The molecule has 2 aliphatic heterocycles. The normalized spacial score (nSPS) is 23.1. The molecular formula is C21H32N4O3. The van der Waals surface area contributed by atoms with Gasteiger partial charge in [0.25, 0.3) is 5.91 Å². The minimum Gasteiger partial charge on any atom is -0.379 e. The van der Waals surface area contributed by atoms with Gasteiger partial charge in [-0.3, -0.25) is 9.59 Å². The lowest BCUT2D eigenvalue weighted by atomic mass is 9.91. The third-order valence-corrected chi connectivity index (χ3v) is 5.60. The van der Waals surface area contributed by atoms with Crippen LogP contribution in [0.4, 0.5) is 0 Å². The van der Waals surface area contributed by atoms with Crippen LogP contribution in [0.2, 0.25) is 0 Å². The van der Waals surface area contributed by atoms with E-state index >= 15 is 0 Å². The molecule has 0 radical (unpaired) electrons. The van der Waals surface area contributed by atoms with E-state index in [2.05, 4.69) is 22.8 Å². The summed E-state index contributed by atoms with van der Waals surface area (Å²) < 4.78 is 0. The number of rotatable bonds is 8. The summed E-state index contributed by atoms with van der Waals surface area (Å²) in [4.78, 5) is 28.6. The zero-order valence-corrected chi connectivity index (χ0v) is 16.5. The predicted molar refractivity (Wildman–Crippen MR) is 108 cm³/mol. The van der Waals surface area contributed by atoms with Crippen molar-refractivity contribution in [3.05, 3.63) is 35.9 Å². The van der Waals surface area contributed by atoms with Gasteiger partial charge >= 0.3 is 0 Å². The van der Waals surface area contributed by atoms with Crippen LogP contribution in [0, 0.1) is 0 Å². The van der Waals surface area contributed by atoms with Crippen LogP contribution in [0.5, 0.6) is 0 Å². The summed E-state index contributed by atoms with van der Waals surface area (Å²) in [7, 11) is 0. The number of carbonyl (C=O) groups excluding carboxylic acids is 2. The molecule has 3 rings (SSSR count). The number of piperazine rings is 1. The molecule has 0 aromatic heterocycles. The molecule has 0 saturated carbocycles. The molecule has 1 atom stereocenters. The first-order chi connectivity index (χ1) is 13.6. The molecule has 3 N–H and O–H groups in total. The molecule has 2 amide bonds. The number of nitrogens with zero attached hydrogens (tertiary/aromatic N) is 2. The molecule has 2 heterocycles. The Labute approximate surface area is 167 Å². The van der Waals surface area contributed by atoms with E-state index < -0.39 is 5.60 Å². The molecule has 28 heavy (non-hydrogen) atoms. The highest BCUT2D eigenvalue weighted by Gasteiger charge is 2.41. The van der Waals surface area contributed by atoms with E-state index in [9.17, 15) is 14.7 Å². The molecular weight excluding hydrogens is 356 g/mol. The summed E-state index contributed by atoms with van der Waals surface area (Å²) in [5.74, 6) is -0.193. The van der Waals surface area contributed by atoms with Crippen molar-refractivity contribution in [2.45, 2.75) is 31.3 Å². The molecule has 0 aliphatic carbocycles. The van der Waals surface area contributed by atoms with Crippen LogP contribution in [0.25, 0.3) is 0 Å². The fraction of sp³-hybridized carbons (Fsp3) is 0.619. The number of aliphatic hydroxyl groups is 1. The molecule has 0 bridgehead atoms. The summed E-state index contributed by atoms with van der Waals surface area (Å²) in [6, 6.07) is 10.2. The summed E-state index contributed by atoms with van der Waals surface area (Å²) in [5.41, 5.74) is -0.148. The lowest BCUT2D eigenvalue weighted by molar-refractivity contribution is -0.156. The van der Waals surface area contributed by atoms with Gasteiger partial charge in [0.1, 0.15) is 0 Å². The van der Waals surface area contributed by atoms with Crippen molar-refractivity contribution < 1.29 is 14.7 Å². The predicted octanol–water partition coefficient (Wildman–Crippen LogP) is -0.00590. The van der Waals surface area contributed by atoms with Gasteiger partial charge in [0.2, 0.25) is 5.91 Å². The quantitative estimate of drug-likeness (QED) is 0.584. The Hall–Kier alpha value is -1.96. The third-order valence-electron chi connectivity index (χ3n) is 5.60. The number of piperidine rings is 1. The summed E-state index contributed by atoms with van der Waals surface area (Å²) in [5, 5.41) is 17.1. The second kappa shape index (κ2) is 10.0. The van der Waals surface area contributed by atoms with Crippen LogP contribution in [0.1, 0.15) is 24.8 Å². The molecule has 7 nitrogen and oxygen atoms in total. The van der Waals surface area contributed by atoms with Gasteiger partial charge in [-0.25, -0.2) is 0 Å². The highest BCUT2D eigenvalue weighted by atomic mass is 16.3. The van der Waals surface area contributed by atoms with Gasteiger partial charge in [-0.15, -0.1) is 0 Å². The van der Waals surface area contributed by atoms with Crippen LogP contribution in [-0.2, 0) is 16.0 Å². The molecule has 0 spiro atoms. The summed E-state index contributed by atoms with van der Waals surface area (Å²) >= 11 is 0. The van der Waals surface area contributed by atoms with E-state index in [1.807, 2.05) is 23.1 Å². The van der Waals surface area contributed by atoms with Gasteiger partial charge in [-0.2, -0.15) is 0 Å². The molecule has 0 unspecified atom stereocenters. The van der Waals surface area contributed by atoms with Crippen LogP contribution in [0.15, 0.2) is 30.3 Å². The first-order valence-electron chi connectivity index (χ1n) is 10.3. The topological polar surface area (TPSA) is 84.9 Å². The Bertz CT molecular complexity index is 648. The average molecular weight is 389 g/mol. The average Bonchev–Trinajstić information content (AvgIpc) is 2.73. The second-order valence-corrected chi connectivity index (χ2v) is 7.75. The Morgan fingerprint density at radius 2 is 1.93 bits per heavy atom. The summed E-state index contributed by atoms with van der Waals surface area (Å²) in [6.45, 7) is 4.66. The monoisotopic (exact) mass is 388 g/mol. The molecule has 7 heteroatoms. The van der Waals surface area contributed by atoms with Gasteiger partial charge in [-0.05, 0) is 31.2 Å². The van der Waals surface area contributed by atoms with Crippen LogP contribution < -0.4 is 10.6 Å². The van der Waals surface area contributed by atoms with Gasteiger partial charge < -0.3 is 25.5 Å². The number of hydrogen-bond acceptors (Lipinski definition) is 5. The fourth-order valence-corrected chi connectivity index (χ4v) is 3.96. The number of amides is 2. The van der Waals surface area contributed by atoms with Crippen molar-refractivity contribution in [2.75, 3.05) is 52.4 Å². The van der Waals surface area contributed by atoms with E-state index in [4.69, 9.17) is 0 Å². The number of carbonyl (C=O) groups is 2. The summed E-state index contributed by atoms with van der Waals surface area (Å²) in [6.07, 6.45) is 3.01. The molecule has 2 saturated heterocycles. The smallest absolute Gasteiger partial charge is 0.255 e. The van der Waals surface area contributed by atoms with Crippen molar-refractivity contribution in [2.24, 2.45) is 0 Å². The van der Waals surface area contributed by atoms with Gasteiger partial charge in [0.15, 0.2) is 5.60 Å². The second-order valence-electron chi connectivity index (χ2n) is 7.75. The largest absolute Gasteiger partial charge is 0.379 e.